The Balaban J connectivity index is 3.26. The largest absolute Gasteiger partial charge is 0.509 e. The van der Waals surface area contributed by atoms with Crippen LogP contribution in [-0.2, 0) is 37.9 Å². The van der Waals surface area contributed by atoms with E-state index in [1.165, 1.54) is 0 Å². The van der Waals surface area contributed by atoms with Gasteiger partial charge in [0.25, 0.3) is 0 Å². The van der Waals surface area contributed by atoms with Crippen molar-refractivity contribution in [3.05, 3.63) is 0 Å². The summed E-state index contributed by atoms with van der Waals surface area (Å²) in [7, 11) is 0. The summed E-state index contributed by atoms with van der Waals surface area (Å²) < 4.78 is 42.8. The van der Waals surface area contributed by atoms with Gasteiger partial charge in [-0.05, 0) is 83.1 Å². The van der Waals surface area contributed by atoms with Crippen LogP contribution in [0.4, 0.5) is 19.2 Å². The molecule has 1 aliphatic rings. The van der Waals surface area contributed by atoms with Crippen LogP contribution in [0, 0.1) is 0 Å². The van der Waals surface area contributed by atoms with Crippen molar-refractivity contribution in [2.45, 2.75) is 143 Å². The Morgan fingerprint density at radius 1 is 0.395 bits per heavy atom. The minimum absolute atomic E-state index is 0.209. The lowest BCUT2D eigenvalue weighted by Gasteiger charge is -2.39. The standard InChI is InChI=1S/C26H44O12/c1-23(2,3)35-19(27)31-15-13-17(33-21(29)37-25(7,8)9)18(34-22(30)38-26(10,11)12)14-16(15)32-20(28)36-24(4,5)6/h15-18H,13-14H2,1-12H3. The molecule has 0 aliphatic heterocycles. The molecular weight excluding hydrogens is 504 g/mol. The maximum atomic E-state index is 12.5. The lowest BCUT2D eigenvalue weighted by Crippen LogP contribution is -2.52. The molecule has 12 heteroatoms. The van der Waals surface area contributed by atoms with E-state index in [4.69, 9.17) is 37.9 Å². The Kier molecular flexibility index (Phi) is 10.7. The van der Waals surface area contributed by atoms with Gasteiger partial charge in [0.2, 0.25) is 0 Å². The second-order valence-corrected chi connectivity index (χ2v) is 13.0. The highest BCUT2D eigenvalue weighted by atomic mass is 16.8. The number of carbonyl (C=O) groups excluding carboxylic acids is 4. The first kappa shape index (κ1) is 33.1. The van der Waals surface area contributed by atoms with Crippen LogP contribution >= 0.6 is 0 Å². The van der Waals surface area contributed by atoms with Crippen molar-refractivity contribution in [1.82, 2.24) is 0 Å². The number of ether oxygens (including phenoxy) is 8. The molecule has 38 heavy (non-hydrogen) atoms. The van der Waals surface area contributed by atoms with Gasteiger partial charge in [-0.15, -0.1) is 0 Å². The van der Waals surface area contributed by atoms with Crippen LogP contribution in [0.3, 0.4) is 0 Å². The molecule has 4 atom stereocenters. The number of carbonyl (C=O) groups is 4. The lowest BCUT2D eigenvalue weighted by atomic mass is 9.89. The normalized spacial score (nSPS) is 22.4. The quantitative estimate of drug-likeness (QED) is 0.297. The number of rotatable bonds is 4. The van der Waals surface area contributed by atoms with Gasteiger partial charge >= 0.3 is 24.6 Å². The molecule has 0 aromatic rings. The van der Waals surface area contributed by atoms with E-state index in [0.717, 1.165) is 0 Å². The Labute approximate surface area is 224 Å². The maximum Gasteiger partial charge on any atom is 0.509 e. The van der Waals surface area contributed by atoms with Crippen molar-refractivity contribution in [3.63, 3.8) is 0 Å². The van der Waals surface area contributed by atoms with Gasteiger partial charge in [-0.3, -0.25) is 0 Å². The van der Waals surface area contributed by atoms with E-state index in [-0.39, 0.29) is 12.8 Å². The highest BCUT2D eigenvalue weighted by Gasteiger charge is 2.47. The van der Waals surface area contributed by atoms with Crippen molar-refractivity contribution < 1.29 is 57.1 Å². The smallest absolute Gasteiger partial charge is 0.429 e. The van der Waals surface area contributed by atoms with Crippen molar-refractivity contribution in [2.24, 2.45) is 0 Å². The third-order valence-electron chi connectivity index (χ3n) is 4.31. The molecule has 1 rings (SSSR count). The molecule has 12 nitrogen and oxygen atoms in total. The van der Waals surface area contributed by atoms with E-state index >= 15 is 0 Å². The zero-order valence-corrected chi connectivity index (χ0v) is 24.6. The zero-order chi connectivity index (χ0) is 29.7. The molecule has 1 fully saturated rings. The summed E-state index contributed by atoms with van der Waals surface area (Å²) in [5, 5.41) is 0. The third-order valence-corrected chi connectivity index (χ3v) is 4.31. The van der Waals surface area contributed by atoms with Gasteiger partial charge in [0.1, 0.15) is 46.8 Å². The monoisotopic (exact) mass is 548 g/mol. The van der Waals surface area contributed by atoms with E-state index in [9.17, 15) is 19.2 Å². The highest BCUT2D eigenvalue weighted by Crippen LogP contribution is 2.32. The molecule has 1 saturated carbocycles. The predicted octanol–water partition coefficient (Wildman–Crippen LogP) is 6.06. The average Bonchev–Trinajstić information content (AvgIpc) is 2.58. The van der Waals surface area contributed by atoms with Crippen LogP contribution in [0.25, 0.3) is 0 Å². The van der Waals surface area contributed by atoms with Crippen LogP contribution in [0.1, 0.15) is 95.9 Å². The second kappa shape index (κ2) is 12.3. The Hall–Kier alpha value is -2.92. The molecule has 0 amide bonds. The van der Waals surface area contributed by atoms with Crippen molar-refractivity contribution >= 4 is 24.6 Å². The minimum atomic E-state index is -1.14. The van der Waals surface area contributed by atoms with Crippen molar-refractivity contribution in [1.29, 1.82) is 0 Å². The van der Waals surface area contributed by atoms with Crippen LogP contribution < -0.4 is 0 Å². The van der Waals surface area contributed by atoms with Gasteiger partial charge in [-0.2, -0.15) is 0 Å². The first-order chi connectivity index (χ1) is 16.9. The van der Waals surface area contributed by atoms with Crippen LogP contribution in [0.2, 0.25) is 0 Å². The summed E-state index contributed by atoms with van der Waals surface area (Å²) in [6, 6.07) is 0. The van der Waals surface area contributed by atoms with Gasteiger partial charge in [-0.25, -0.2) is 19.2 Å². The van der Waals surface area contributed by atoms with Crippen LogP contribution in [0.5, 0.6) is 0 Å². The van der Waals surface area contributed by atoms with Gasteiger partial charge in [-0.1, -0.05) is 0 Å². The SMILES string of the molecule is CC(C)(C)OC(=O)OC1CC(OC(=O)OC(C)(C)C)C(OC(=O)OC(C)(C)C)CC1OC(=O)OC(C)(C)C. The fraction of sp³-hybridized carbons (Fsp3) is 0.846. The van der Waals surface area contributed by atoms with E-state index in [1.807, 2.05) is 0 Å². The van der Waals surface area contributed by atoms with Gasteiger partial charge in [0.05, 0.1) is 0 Å². The number of hydrogen-bond acceptors (Lipinski definition) is 12. The number of hydrogen-bond donors (Lipinski definition) is 0. The van der Waals surface area contributed by atoms with Gasteiger partial charge in [0, 0.05) is 12.8 Å². The minimum Gasteiger partial charge on any atom is -0.429 e. The Morgan fingerprint density at radius 2 is 0.553 bits per heavy atom. The molecular formula is C26H44O12. The predicted molar refractivity (Wildman–Crippen MR) is 134 cm³/mol. The summed E-state index contributed by atoms with van der Waals surface area (Å²) in [5.74, 6) is 0. The molecule has 0 spiro atoms. The average molecular weight is 549 g/mol. The summed E-state index contributed by atoms with van der Waals surface area (Å²) >= 11 is 0. The molecule has 4 unspecified atom stereocenters. The lowest BCUT2D eigenvalue weighted by molar-refractivity contribution is -0.156. The highest BCUT2D eigenvalue weighted by molar-refractivity contribution is 5.63. The summed E-state index contributed by atoms with van der Waals surface area (Å²) in [6.07, 6.45) is -9.06. The van der Waals surface area contributed by atoms with E-state index < -0.39 is 71.4 Å². The first-order valence-corrected chi connectivity index (χ1v) is 12.5. The van der Waals surface area contributed by atoms with E-state index in [1.54, 1.807) is 83.1 Å². The van der Waals surface area contributed by atoms with E-state index in [2.05, 4.69) is 0 Å². The molecule has 0 saturated heterocycles. The van der Waals surface area contributed by atoms with Crippen molar-refractivity contribution in [2.75, 3.05) is 0 Å². The third kappa shape index (κ3) is 14.1. The van der Waals surface area contributed by atoms with Crippen LogP contribution in [-0.4, -0.2) is 71.4 Å². The molecule has 220 valence electrons. The maximum absolute atomic E-state index is 12.5. The van der Waals surface area contributed by atoms with E-state index in [0.29, 0.717) is 0 Å². The van der Waals surface area contributed by atoms with Crippen molar-refractivity contribution in [3.8, 4) is 0 Å². The van der Waals surface area contributed by atoms with Crippen LogP contribution in [0.15, 0.2) is 0 Å². The molecule has 0 bridgehead atoms. The zero-order valence-electron chi connectivity index (χ0n) is 24.6. The summed E-state index contributed by atoms with van der Waals surface area (Å²) in [5.41, 5.74) is -3.44. The Bertz CT molecular complexity index is 700. The fourth-order valence-corrected chi connectivity index (χ4v) is 3.15. The van der Waals surface area contributed by atoms with Gasteiger partial charge in [0.15, 0.2) is 0 Å². The molecule has 0 N–H and O–H groups in total. The second-order valence-electron chi connectivity index (χ2n) is 13.0. The molecule has 1 aliphatic carbocycles. The topological polar surface area (TPSA) is 142 Å². The molecule has 0 aromatic heterocycles. The first-order valence-electron chi connectivity index (χ1n) is 12.5. The molecule has 0 aromatic carbocycles. The molecule has 0 radical (unpaired) electrons. The fourth-order valence-electron chi connectivity index (χ4n) is 3.15. The van der Waals surface area contributed by atoms with Gasteiger partial charge < -0.3 is 37.9 Å². The molecule has 0 heterocycles. The summed E-state index contributed by atoms with van der Waals surface area (Å²) in [6.45, 7) is 19.9. The summed E-state index contributed by atoms with van der Waals surface area (Å²) in [4.78, 5) is 49.9. The Morgan fingerprint density at radius 3 is 0.684 bits per heavy atom.